The zero-order valence-corrected chi connectivity index (χ0v) is 42.4. The van der Waals surface area contributed by atoms with Crippen molar-refractivity contribution >= 4 is 314 Å². The molecule has 0 bridgehead atoms. The molecule has 1 fully saturated rings. The predicted octanol–water partition coefficient (Wildman–Crippen LogP) is 18.5. The first-order valence-corrected chi connectivity index (χ1v) is 29.8. The monoisotopic (exact) mass is 1010 g/mol. The van der Waals surface area contributed by atoms with Gasteiger partial charge >= 0.3 is 5.97 Å². The highest BCUT2D eigenvalue weighted by atomic mass is 16.5. The molecule has 1 saturated carbocycles. The van der Waals surface area contributed by atoms with Crippen molar-refractivity contribution in [3.8, 4) is 0 Å². The SMILES string of the molecule is COC(=O)[C@H](Cc1ccc(N=C2CCC34c5c6c7c8c9c%10c(c%11c%12c3c3c5c5c%13c6c6c7c7c9c9c%14c%10c%10c%11c%11c%12c%12c3c3c5c5c%13c%13c6c6c7c9c7c9c%14c%10c%10c%11c%11c%12c3c3c5c5c%13c6c7c6c9c%10c%11c3c56)C84C2)cc1)NC(C)=O. The Balaban J connectivity index is 0.910. The van der Waals surface area contributed by atoms with Gasteiger partial charge in [0.25, 0.3) is 0 Å². The molecule has 0 saturated heterocycles. The molecule has 81 heavy (non-hydrogen) atoms. The molecule has 5 aliphatic carbocycles. The Morgan fingerprint density at radius 1 is 0.395 bits per heavy atom. The third-order valence-corrected chi connectivity index (χ3v) is 27.5. The van der Waals surface area contributed by atoms with Crippen LogP contribution in [0.4, 0.5) is 5.69 Å². The largest absolute Gasteiger partial charge is 0.467 e. The molecular weight excluding hydrogens is 989 g/mol. The van der Waals surface area contributed by atoms with Crippen molar-refractivity contribution in [1.29, 1.82) is 0 Å². The Morgan fingerprint density at radius 3 is 0.889 bits per heavy atom. The lowest BCUT2D eigenvalue weighted by Crippen LogP contribution is -2.55. The van der Waals surface area contributed by atoms with Gasteiger partial charge in [-0.1, -0.05) is 12.1 Å². The predicted molar refractivity (Wildman–Crippen MR) is 335 cm³/mol. The quantitative estimate of drug-likeness (QED) is 0.138. The standard InChI is InChI=1S/C76H20N2O3/c1-11(79)77-15(74(80)81-2)9-12-3-5-13(6-4-12)78-14-7-8-75-70-62-54-44-34-26-18-16-17-20-24-22(18)30-38-32(24)42-36-28(20)29-21(17)25-23-19(16)27(26)35-41-31(23)39-33(25)43-37(29)47-46(36)56-50(42)60-52(38)58(48(54)40(30)34)64(70)66(60)72-68(56)69-57(47)51(43)61-53(39)59-49(41)55(45(35)44)63(62)71(75)65(59)67(61)73(69)76(72,75)10-14/h3-6,15H,7-10H2,1-2H3,(H,77,79)/t15-,75?,76?/m0/s1. The summed E-state index contributed by atoms with van der Waals surface area (Å²) in [6.45, 7) is 1.45. The van der Waals surface area contributed by atoms with Gasteiger partial charge < -0.3 is 10.1 Å². The zero-order chi connectivity index (χ0) is 49.7. The lowest BCUT2D eigenvalue weighted by atomic mass is 9.43. The van der Waals surface area contributed by atoms with Gasteiger partial charge in [-0.2, -0.15) is 0 Å². The Kier molecular flexibility index (Phi) is 3.26. The molecule has 29 aromatic carbocycles. The molecule has 0 heterocycles. The molecule has 1 atom stereocenters. The van der Waals surface area contributed by atoms with Gasteiger partial charge in [0.15, 0.2) is 0 Å². The van der Waals surface area contributed by atoms with Gasteiger partial charge in [0, 0.05) is 36.3 Å². The van der Waals surface area contributed by atoms with E-state index in [0.29, 0.717) is 6.42 Å². The van der Waals surface area contributed by atoms with Crippen LogP contribution in [-0.4, -0.2) is 30.7 Å². The van der Waals surface area contributed by atoms with Gasteiger partial charge in [0.2, 0.25) is 5.91 Å². The summed E-state index contributed by atoms with van der Waals surface area (Å²) in [5, 5.41) is 91.1. The molecule has 5 heteroatoms. The number of esters is 1. The molecule has 1 amide bonds. The zero-order valence-electron chi connectivity index (χ0n) is 42.4. The van der Waals surface area contributed by atoms with Crippen molar-refractivity contribution in [3.05, 3.63) is 52.1 Å². The fraction of sp³-hybridized carbons (Fsp3) is 0.118. The summed E-state index contributed by atoms with van der Waals surface area (Å²) >= 11 is 0. The third kappa shape index (κ3) is 2.03. The van der Waals surface area contributed by atoms with Crippen molar-refractivity contribution in [2.45, 2.75) is 49.5 Å². The molecule has 0 aliphatic heterocycles. The van der Waals surface area contributed by atoms with Crippen LogP contribution in [0.5, 0.6) is 0 Å². The van der Waals surface area contributed by atoms with Crippen LogP contribution >= 0.6 is 0 Å². The van der Waals surface area contributed by atoms with E-state index in [0.717, 1.165) is 30.5 Å². The maximum atomic E-state index is 12.9. The van der Waals surface area contributed by atoms with Gasteiger partial charge in [-0.15, -0.1) is 0 Å². The number of hydrogen-bond donors (Lipinski definition) is 1. The van der Waals surface area contributed by atoms with Crippen LogP contribution in [0, 0.1) is 0 Å². The second-order valence-electron chi connectivity index (χ2n) is 28.6. The van der Waals surface area contributed by atoms with Crippen LogP contribution in [0.3, 0.4) is 0 Å². The molecule has 0 unspecified atom stereocenters. The van der Waals surface area contributed by atoms with Gasteiger partial charge in [0.1, 0.15) is 6.04 Å². The van der Waals surface area contributed by atoms with Crippen molar-refractivity contribution in [1.82, 2.24) is 5.32 Å². The molecule has 5 aliphatic rings. The number of nitrogens with zero attached hydrogens (tertiary/aromatic N) is 1. The number of carbonyl (C=O) groups is 2. The van der Waals surface area contributed by atoms with Crippen LogP contribution in [0.25, 0.3) is 291 Å². The normalized spacial score (nSPS) is 22.0. The van der Waals surface area contributed by atoms with E-state index in [9.17, 15) is 9.59 Å². The van der Waals surface area contributed by atoms with Crippen molar-refractivity contribution in [2.24, 2.45) is 4.99 Å². The van der Waals surface area contributed by atoms with Crippen LogP contribution in [-0.2, 0) is 31.6 Å². The van der Waals surface area contributed by atoms with Gasteiger partial charge in [-0.05, 0) is 344 Å². The molecule has 352 valence electrons. The second-order valence-corrected chi connectivity index (χ2v) is 28.6. The summed E-state index contributed by atoms with van der Waals surface area (Å²) in [4.78, 5) is 31.0. The summed E-state index contributed by atoms with van der Waals surface area (Å²) in [5.74, 6) is -0.681. The highest BCUT2D eigenvalue weighted by molar-refractivity contribution is 6.82. The van der Waals surface area contributed by atoms with Gasteiger partial charge in [0.05, 0.1) is 12.8 Å². The number of ether oxygens (including phenoxy) is 1. The molecule has 1 N–H and O–H groups in total. The second kappa shape index (κ2) is 8.01. The number of rotatable bonds is 5. The minimum absolute atomic E-state index is 0.246. The van der Waals surface area contributed by atoms with E-state index >= 15 is 0 Å². The topological polar surface area (TPSA) is 67.8 Å². The molecular formula is C76H20N2O3. The Labute approximate surface area is 445 Å². The number of nitrogens with one attached hydrogen (secondary N) is 1. The molecule has 0 aromatic heterocycles. The molecule has 0 radical (unpaired) electrons. The van der Waals surface area contributed by atoms with Crippen LogP contribution in [0.1, 0.15) is 54.0 Å². The summed E-state index contributed by atoms with van der Waals surface area (Å²) in [7, 11) is 1.39. The number of hydrogen-bond acceptors (Lipinski definition) is 4. The highest BCUT2D eigenvalue weighted by Crippen LogP contribution is 2.86. The van der Waals surface area contributed by atoms with E-state index in [1.165, 1.54) is 19.7 Å². The van der Waals surface area contributed by atoms with E-state index in [1.54, 1.807) is 313 Å². The average molecular weight is 1010 g/mol. The summed E-state index contributed by atoms with van der Waals surface area (Å²) in [6, 6.07) is 7.77. The summed E-state index contributed by atoms with van der Waals surface area (Å²) < 4.78 is 5.13. The Bertz CT molecular complexity index is 7690. The minimum atomic E-state index is -0.748. The number of methoxy groups -OCH3 is 1. The fourth-order valence-corrected chi connectivity index (χ4v) is 26.9. The van der Waals surface area contributed by atoms with E-state index in [1.807, 2.05) is 0 Å². The van der Waals surface area contributed by atoms with E-state index < -0.39 is 12.0 Å². The third-order valence-electron chi connectivity index (χ3n) is 27.5. The average Bonchev–Trinajstić information content (AvgIpc) is 1.40. The Morgan fingerprint density at radius 2 is 0.642 bits per heavy atom. The van der Waals surface area contributed by atoms with Gasteiger partial charge in [-0.25, -0.2) is 4.79 Å². The smallest absolute Gasteiger partial charge is 0.328 e. The van der Waals surface area contributed by atoms with Crippen LogP contribution in [0.2, 0.25) is 0 Å². The lowest BCUT2D eigenvalue weighted by Gasteiger charge is -2.57. The molecule has 2 spiro atoms. The molecule has 5 nitrogen and oxygen atoms in total. The fourth-order valence-electron chi connectivity index (χ4n) is 26.9. The highest BCUT2D eigenvalue weighted by Gasteiger charge is 2.70. The number of amides is 1. The maximum absolute atomic E-state index is 12.9. The number of carbonyl (C=O) groups excluding carboxylic acids is 2. The van der Waals surface area contributed by atoms with Crippen molar-refractivity contribution in [2.75, 3.05) is 7.11 Å². The van der Waals surface area contributed by atoms with Gasteiger partial charge in [-0.3, -0.25) is 9.79 Å². The van der Waals surface area contributed by atoms with Crippen molar-refractivity contribution < 1.29 is 14.3 Å². The minimum Gasteiger partial charge on any atom is -0.467 e. The lowest BCUT2D eigenvalue weighted by molar-refractivity contribution is -0.144. The molecule has 34 rings (SSSR count). The first kappa shape index (κ1) is 33.0. The first-order valence-electron chi connectivity index (χ1n) is 29.8. The number of benzene rings is 19. The maximum Gasteiger partial charge on any atom is 0.328 e. The number of aliphatic imine (C=N–C) groups is 1. The summed E-state index contributed by atoms with van der Waals surface area (Å²) in [5.41, 5.74) is 9.49. The Hall–Kier alpha value is -9.71. The van der Waals surface area contributed by atoms with Crippen molar-refractivity contribution in [3.63, 3.8) is 0 Å². The van der Waals surface area contributed by atoms with Crippen LogP contribution in [0.15, 0.2) is 29.3 Å². The first-order chi connectivity index (χ1) is 40.0. The van der Waals surface area contributed by atoms with E-state index in [-0.39, 0.29) is 16.7 Å². The summed E-state index contributed by atoms with van der Waals surface area (Å²) in [6.07, 6.45) is 3.23. The van der Waals surface area contributed by atoms with Crippen LogP contribution < -0.4 is 5.32 Å². The van der Waals surface area contributed by atoms with E-state index in [2.05, 4.69) is 29.6 Å². The molecule has 29 aromatic rings. The van der Waals surface area contributed by atoms with E-state index in [4.69, 9.17) is 9.73 Å².